The van der Waals surface area contributed by atoms with Gasteiger partial charge in [-0.2, -0.15) is 5.10 Å². The Labute approximate surface area is 160 Å². The molecule has 0 unspecified atom stereocenters. The van der Waals surface area contributed by atoms with Gasteiger partial charge in [0.25, 0.3) is 5.91 Å². The molecule has 2 fully saturated rings. The maximum Gasteiger partial charge on any atom is 0.257 e. The molecule has 1 amide bonds. The lowest BCUT2D eigenvalue weighted by atomic mass is 9.96. The third-order valence-corrected chi connectivity index (χ3v) is 5.84. The molecule has 0 saturated carbocycles. The Morgan fingerprint density at radius 1 is 1.19 bits per heavy atom. The Morgan fingerprint density at radius 2 is 2.00 bits per heavy atom. The minimum Gasteiger partial charge on any atom is -0.338 e. The molecule has 0 N–H and O–H groups in total. The molecule has 2 aromatic rings. The van der Waals surface area contributed by atoms with Crippen LogP contribution in [0.15, 0.2) is 12.4 Å². The molecule has 8 heteroatoms. The van der Waals surface area contributed by atoms with Crippen molar-refractivity contribution in [2.24, 2.45) is 7.05 Å². The van der Waals surface area contributed by atoms with Crippen molar-refractivity contribution < 1.29 is 4.79 Å². The highest BCUT2D eigenvalue weighted by Crippen LogP contribution is 2.27. The van der Waals surface area contributed by atoms with E-state index in [9.17, 15) is 4.79 Å². The van der Waals surface area contributed by atoms with Crippen molar-refractivity contribution in [2.75, 3.05) is 26.2 Å². The van der Waals surface area contributed by atoms with Crippen LogP contribution in [0.25, 0.3) is 0 Å². The lowest BCUT2D eigenvalue weighted by Crippen LogP contribution is -2.39. The molecular weight excluding hydrogens is 342 g/mol. The average Bonchev–Trinajstić information content (AvgIpc) is 3.44. The van der Waals surface area contributed by atoms with Crippen LogP contribution in [0.2, 0.25) is 0 Å². The van der Waals surface area contributed by atoms with Crippen LogP contribution in [0.5, 0.6) is 0 Å². The molecule has 0 aromatic carbocycles. The third-order valence-electron chi connectivity index (χ3n) is 5.84. The second-order valence-corrected chi connectivity index (χ2v) is 7.69. The van der Waals surface area contributed by atoms with Crippen LogP contribution in [0, 0.1) is 0 Å². The summed E-state index contributed by atoms with van der Waals surface area (Å²) in [5.74, 6) is 2.35. The fraction of sp³-hybridized carbons (Fsp3) is 0.684. The quantitative estimate of drug-likeness (QED) is 0.799. The highest BCUT2D eigenvalue weighted by Gasteiger charge is 2.29. The first-order valence-electron chi connectivity index (χ1n) is 10.1. The van der Waals surface area contributed by atoms with Crippen molar-refractivity contribution in [1.29, 1.82) is 0 Å². The van der Waals surface area contributed by atoms with E-state index in [0.717, 1.165) is 57.2 Å². The van der Waals surface area contributed by atoms with Gasteiger partial charge in [0, 0.05) is 38.8 Å². The van der Waals surface area contributed by atoms with Gasteiger partial charge in [-0.25, -0.2) is 0 Å². The maximum absolute atomic E-state index is 12.8. The zero-order valence-electron chi connectivity index (χ0n) is 16.3. The summed E-state index contributed by atoms with van der Waals surface area (Å²) in [4.78, 5) is 17.2. The number of aromatic nitrogens is 5. The highest BCUT2D eigenvalue weighted by molar-refractivity contribution is 5.93. The Bertz CT molecular complexity index is 790. The lowest BCUT2D eigenvalue weighted by molar-refractivity contribution is 0.0703. The normalized spacial score (nSPS) is 21.1. The Hall–Kier alpha value is -2.22. The number of carbonyl (C=O) groups excluding carboxylic acids is 1. The molecule has 2 aliphatic rings. The molecule has 0 spiro atoms. The first-order chi connectivity index (χ1) is 13.2. The molecular formula is C19H29N7O. The third kappa shape index (κ3) is 3.76. The van der Waals surface area contributed by atoms with Gasteiger partial charge in [0.15, 0.2) is 0 Å². The number of rotatable bonds is 5. The molecule has 27 heavy (non-hydrogen) atoms. The number of aryl methyl sites for hydroxylation is 1. The fourth-order valence-electron chi connectivity index (χ4n) is 4.21. The molecule has 2 saturated heterocycles. The monoisotopic (exact) mass is 371 g/mol. The summed E-state index contributed by atoms with van der Waals surface area (Å²) in [7, 11) is 2.06. The van der Waals surface area contributed by atoms with Gasteiger partial charge < -0.3 is 9.47 Å². The molecule has 0 aliphatic carbocycles. The van der Waals surface area contributed by atoms with E-state index in [1.165, 1.54) is 12.8 Å². The van der Waals surface area contributed by atoms with Gasteiger partial charge >= 0.3 is 0 Å². The Morgan fingerprint density at radius 3 is 2.74 bits per heavy atom. The number of piperidine rings is 1. The van der Waals surface area contributed by atoms with Crippen LogP contribution in [0.4, 0.5) is 0 Å². The van der Waals surface area contributed by atoms with Crippen LogP contribution in [0.1, 0.15) is 60.5 Å². The van der Waals surface area contributed by atoms with Crippen LogP contribution in [0.3, 0.4) is 0 Å². The van der Waals surface area contributed by atoms with Gasteiger partial charge in [-0.15, -0.1) is 10.2 Å². The van der Waals surface area contributed by atoms with Gasteiger partial charge in [-0.3, -0.25) is 14.4 Å². The summed E-state index contributed by atoms with van der Waals surface area (Å²) in [5, 5.41) is 13.2. The summed E-state index contributed by atoms with van der Waals surface area (Å²) < 4.78 is 3.94. The molecule has 146 valence electrons. The number of carbonyl (C=O) groups is 1. The van der Waals surface area contributed by atoms with Gasteiger partial charge in [0.1, 0.15) is 11.6 Å². The summed E-state index contributed by atoms with van der Waals surface area (Å²) in [6, 6.07) is 0. The minimum atomic E-state index is 0.0684. The SMILES string of the molecule is CCn1cc(C(=O)N2CCC[C@@H](c3nnc(CN4CCCC4)n3C)C2)cn1. The van der Waals surface area contributed by atoms with Crippen molar-refractivity contribution in [3.63, 3.8) is 0 Å². The van der Waals surface area contributed by atoms with Gasteiger partial charge in [0.2, 0.25) is 0 Å². The lowest BCUT2D eigenvalue weighted by Gasteiger charge is -2.32. The van der Waals surface area contributed by atoms with E-state index >= 15 is 0 Å². The van der Waals surface area contributed by atoms with E-state index in [2.05, 4.69) is 31.8 Å². The molecule has 0 bridgehead atoms. The van der Waals surface area contributed by atoms with Crippen LogP contribution in [-0.4, -0.2) is 66.4 Å². The van der Waals surface area contributed by atoms with Crippen LogP contribution in [-0.2, 0) is 20.1 Å². The van der Waals surface area contributed by atoms with E-state index in [4.69, 9.17) is 0 Å². The average molecular weight is 371 g/mol. The first kappa shape index (κ1) is 18.2. The highest BCUT2D eigenvalue weighted by atomic mass is 16.2. The standard InChI is InChI=1S/C19H29N7O/c1-3-26-13-16(11-20-26)19(27)25-10-6-7-15(12-25)18-22-21-17(23(18)2)14-24-8-4-5-9-24/h11,13,15H,3-10,12,14H2,1-2H3/t15-/m1/s1. The number of amides is 1. The number of likely N-dealkylation sites (tertiary alicyclic amines) is 2. The van der Waals surface area contributed by atoms with Gasteiger partial charge in [-0.1, -0.05) is 0 Å². The molecule has 4 heterocycles. The molecule has 0 radical (unpaired) electrons. The van der Waals surface area contributed by atoms with E-state index in [1.54, 1.807) is 10.9 Å². The molecule has 8 nitrogen and oxygen atoms in total. The van der Waals surface area contributed by atoms with Crippen LogP contribution < -0.4 is 0 Å². The fourth-order valence-corrected chi connectivity index (χ4v) is 4.21. The molecule has 2 aromatic heterocycles. The summed E-state index contributed by atoms with van der Waals surface area (Å²) in [6.45, 7) is 7.46. The van der Waals surface area contributed by atoms with E-state index in [0.29, 0.717) is 12.1 Å². The topological polar surface area (TPSA) is 72.1 Å². The van der Waals surface area contributed by atoms with E-state index < -0.39 is 0 Å². The van der Waals surface area contributed by atoms with Crippen LogP contribution >= 0.6 is 0 Å². The predicted molar refractivity (Wildman–Crippen MR) is 101 cm³/mol. The zero-order valence-corrected chi connectivity index (χ0v) is 16.3. The summed E-state index contributed by atoms with van der Waals surface area (Å²) >= 11 is 0. The van der Waals surface area contributed by atoms with Gasteiger partial charge in [-0.05, 0) is 45.7 Å². The summed E-state index contributed by atoms with van der Waals surface area (Å²) in [6.07, 6.45) is 8.10. The second-order valence-electron chi connectivity index (χ2n) is 7.69. The van der Waals surface area contributed by atoms with E-state index in [1.807, 2.05) is 18.0 Å². The van der Waals surface area contributed by atoms with Gasteiger partial charge in [0.05, 0.1) is 18.3 Å². The number of hydrogen-bond acceptors (Lipinski definition) is 5. The molecule has 4 rings (SSSR count). The Kier molecular flexibility index (Phi) is 5.24. The van der Waals surface area contributed by atoms with Crippen molar-refractivity contribution >= 4 is 5.91 Å². The number of nitrogens with zero attached hydrogens (tertiary/aromatic N) is 7. The zero-order chi connectivity index (χ0) is 18.8. The molecule has 1 atom stereocenters. The first-order valence-corrected chi connectivity index (χ1v) is 10.1. The smallest absolute Gasteiger partial charge is 0.257 e. The summed E-state index contributed by atoms with van der Waals surface area (Å²) in [5.41, 5.74) is 0.671. The van der Waals surface area contributed by atoms with Crippen molar-refractivity contribution in [3.05, 3.63) is 29.6 Å². The van der Waals surface area contributed by atoms with Crippen molar-refractivity contribution in [2.45, 2.75) is 51.6 Å². The predicted octanol–water partition coefficient (Wildman–Crippen LogP) is 1.65. The second kappa shape index (κ2) is 7.80. The van der Waals surface area contributed by atoms with Crippen molar-refractivity contribution in [1.82, 2.24) is 34.3 Å². The molecule has 2 aliphatic heterocycles. The largest absolute Gasteiger partial charge is 0.338 e. The van der Waals surface area contributed by atoms with E-state index in [-0.39, 0.29) is 11.8 Å². The number of hydrogen-bond donors (Lipinski definition) is 0. The van der Waals surface area contributed by atoms with Crippen molar-refractivity contribution in [3.8, 4) is 0 Å². The minimum absolute atomic E-state index is 0.0684. The Balaban J connectivity index is 1.45. The maximum atomic E-state index is 12.8.